The van der Waals surface area contributed by atoms with Crippen LogP contribution in [0.2, 0.25) is 0 Å². The number of anilines is 2. The summed E-state index contributed by atoms with van der Waals surface area (Å²) >= 11 is 0. The van der Waals surface area contributed by atoms with Crippen molar-refractivity contribution < 1.29 is 116 Å². The smallest absolute Gasteiger partial charge is 0.296 e. The van der Waals surface area contributed by atoms with Gasteiger partial charge in [-0.15, -0.1) is 35.8 Å². The van der Waals surface area contributed by atoms with Gasteiger partial charge in [-0.05, 0) is 144 Å². The maximum absolute atomic E-state index is 13.3. The Morgan fingerprint density at radius 3 is 1.48 bits per heavy atom. The van der Waals surface area contributed by atoms with Crippen LogP contribution in [0.1, 0.15) is 12.0 Å². The Kier molecular flexibility index (Phi) is 20.4. The van der Waals surface area contributed by atoms with E-state index in [1.54, 1.807) is 30.3 Å². The minimum absolute atomic E-state index is 0.0736. The van der Waals surface area contributed by atoms with Crippen LogP contribution in [0, 0.1) is 6.92 Å². The van der Waals surface area contributed by atoms with Crippen molar-refractivity contribution in [2.45, 2.75) is 42.7 Å². The highest BCUT2D eigenvalue weighted by atomic mass is 32.2. The van der Waals surface area contributed by atoms with E-state index in [1.807, 2.05) is 0 Å². The molecule has 0 heterocycles. The van der Waals surface area contributed by atoms with E-state index in [-0.39, 0.29) is 94.9 Å². The Bertz CT molecular complexity index is 6590. The van der Waals surface area contributed by atoms with Crippen molar-refractivity contribution in [3.05, 3.63) is 163 Å². The van der Waals surface area contributed by atoms with Gasteiger partial charge < -0.3 is 30.5 Å². The molecule has 0 aliphatic carbocycles. The first-order valence-corrected chi connectivity index (χ1v) is 39.6. The first-order chi connectivity index (χ1) is 49.5. The Labute approximate surface area is 597 Å². The third kappa shape index (κ3) is 16.7. The summed E-state index contributed by atoms with van der Waals surface area (Å²) in [7, 11) is -35.5. The van der Waals surface area contributed by atoms with Crippen molar-refractivity contribution in [3.63, 3.8) is 0 Å². The monoisotopic (exact) mass is 1590 g/mol. The Morgan fingerprint density at radius 1 is 0.368 bits per heavy atom. The quantitative estimate of drug-likeness (QED) is 0.0161. The highest BCUT2D eigenvalue weighted by Crippen LogP contribution is 2.50. The van der Waals surface area contributed by atoms with Crippen LogP contribution in [0.5, 0.6) is 28.7 Å². The first-order valence-electron chi connectivity index (χ1n) is 29.3. The number of nitrogens with zero attached hydrogens (tertiary/aromatic N) is 10. The predicted octanol–water partition coefficient (Wildman–Crippen LogP) is 14.4. The molecule has 0 bridgehead atoms. The fourth-order valence-electron chi connectivity index (χ4n) is 10.4. The van der Waals surface area contributed by atoms with Gasteiger partial charge in [0.1, 0.15) is 65.2 Å². The molecule has 106 heavy (non-hydrogen) atoms. The van der Waals surface area contributed by atoms with E-state index in [0.717, 1.165) is 78.9 Å². The van der Waals surface area contributed by atoms with E-state index < -0.39 is 164 Å². The van der Waals surface area contributed by atoms with E-state index >= 15 is 0 Å². The second-order valence-electron chi connectivity index (χ2n) is 22.5. The van der Waals surface area contributed by atoms with E-state index in [2.05, 4.69) is 56.5 Å². The van der Waals surface area contributed by atoms with E-state index in [9.17, 15) is 111 Å². The average Bonchev–Trinajstić information content (AvgIpc) is 0.773. The zero-order valence-electron chi connectivity index (χ0n) is 53.0. The standard InChI is InChI=1S/C62H47N11O26S7/c1-31-20-47(50(99-18-7-19-100(78,79)80)30-46(31)67-69-48-27-38(101(81,82)83)22-34-23-39(102(84,85)86)28-49(74)55(34)48)68-73-58-52(104(90,91)92)24-32-12-13-37(26-42(32)62(58)77)65-70-56-43-29-54(106(96,97)98)59(61(76)41(43)16-17-45(56)63-35-8-3-2-4-9-35)71-64-36-14-15-40-33(21-36)25-53(105(93,94)95)57(60(40)75)72-66-44-10-5-6-11-51(44)103(87,88)89/h2-6,8-17,20-30,63,74-77H,7,18-19H2,1H3,(H,78,79,80)(H,81,82,83)(H,84,85,86)(H,87,88,89)(H,90,91,92)(H,93,94,95)(H,96,97,98)/b69-67-,70-65-,71-64+,72-66-,73-68?. The number of phenols is 4. The lowest BCUT2D eigenvalue weighted by Gasteiger charge is -2.14. The maximum atomic E-state index is 13.3. The van der Waals surface area contributed by atoms with Crippen LogP contribution < -0.4 is 10.1 Å². The summed E-state index contributed by atoms with van der Waals surface area (Å²) in [5.74, 6) is -4.84. The fraction of sp³-hybridized carbons (Fsp3) is 0.0645. The molecule has 37 nitrogen and oxygen atoms in total. The van der Waals surface area contributed by atoms with Crippen LogP contribution >= 0.6 is 0 Å². The number of hydrogen-bond donors (Lipinski definition) is 12. The van der Waals surface area contributed by atoms with Gasteiger partial charge in [0.05, 0.1) is 56.0 Å². The van der Waals surface area contributed by atoms with Crippen LogP contribution in [-0.2, 0) is 70.8 Å². The van der Waals surface area contributed by atoms with E-state index in [4.69, 9.17) is 4.74 Å². The van der Waals surface area contributed by atoms with Crippen LogP contribution in [0.3, 0.4) is 0 Å². The molecule has 0 atom stereocenters. The van der Waals surface area contributed by atoms with Gasteiger partial charge in [0, 0.05) is 39.4 Å². The van der Waals surface area contributed by atoms with Crippen molar-refractivity contribution >= 4 is 182 Å². The number of benzene rings is 11. The van der Waals surface area contributed by atoms with Crippen molar-refractivity contribution in [3.8, 4) is 28.7 Å². The highest BCUT2D eigenvalue weighted by molar-refractivity contribution is 7.87. The zero-order valence-corrected chi connectivity index (χ0v) is 58.7. The lowest BCUT2D eigenvalue weighted by atomic mass is 10.0. The molecule has 12 N–H and O–H groups in total. The van der Waals surface area contributed by atoms with Crippen LogP contribution in [0.15, 0.2) is 238 Å². The summed E-state index contributed by atoms with van der Waals surface area (Å²) in [5, 5.41) is 87.6. The molecule has 44 heteroatoms. The molecular formula is C62H47N11O26S7. The van der Waals surface area contributed by atoms with Gasteiger partial charge in [-0.2, -0.15) is 74.3 Å². The minimum Gasteiger partial charge on any atom is -0.507 e. The second-order valence-corrected chi connectivity index (χ2v) is 32.4. The summed E-state index contributed by atoms with van der Waals surface area (Å²) in [4.78, 5) is -5.62. The number of para-hydroxylation sites is 1. The summed E-state index contributed by atoms with van der Waals surface area (Å²) in [6.45, 7) is 0.894. The zero-order chi connectivity index (χ0) is 77.0. The molecular weight excluding hydrogens is 1540 g/mol. The largest absolute Gasteiger partial charge is 0.507 e. The number of azo groups is 5. The number of aromatic hydroxyl groups is 4. The van der Waals surface area contributed by atoms with Gasteiger partial charge in [-0.1, -0.05) is 36.4 Å². The topological polar surface area (TPSA) is 606 Å². The number of hydrogen-bond acceptors (Lipinski definition) is 30. The molecule has 0 amide bonds. The van der Waals surface area contributed by atoms with E-state index in [1.165, 1.54) is 49.4 Å². The van der Waals surface area contributed by atoms with Crippen molar-refractivity contribution in [1.82, 2.24) is 0 Å². The van der Waals surface area contributed by atoms with Gasteiger partial charge in [0.2, 0.25) is 0 Å². The van der Waals surface area contributed by atoms with Crippen LogP contribution in [0.4, 0.5) is 68.2 Å². The average molecular weight is 1590 g/mol. The SMILES string of the molecule is Cc1cc(N=Nc2c(S(=O)(=O)O)cc3ccc(/N=N\c4c(Nc5ccccc5)ccc5c(O)c(/N=N/c6ccc7c(O)c(/N=N\c8ccccc8S(=O)(=O)O)c(S(=O)(=O)O)cc7c6)c(S(=O)(=O)O)cc45)cc3c2O)c(OCCCS(=O)(=O)O)cc1/N=N\c1cc(S(=O)(=O)O)cc2cc(S(=O)(=O)O)cc(O)c12. The van der Waals surface area contributed by atoms with E-state index in [0.29, 0.717) is 11.8 Å². The molecule has 11 aromatic rings. The highest BCUT2D eigenvalue weighted by Gasteiger charge is 2.29. The number of ether oxygens (including phenoxy) is 1. The third-order valence-corrected chi connectivity index (χ3v) is 21.2. The Morgan fingerprint density at radius 2 is 0.868 bits per heavy atom. The number of rotatable bonds is 23. The normalized spacial score (nSPS) is 13.1. The van der Waals surface area contributed by atoms with Gasteiger partial charge in [-0.25, -0.2) is 0 Å². The number of phenolic OH excluding ortho intramolecular Hbond substituents is 4. The molecule has 0 aliphatic heterocycles. The molecule has 0 aromatic heterocycles. The molecule has 11 aromatic carbocycles. The maximum Gasteiger partial charge on any atom is 0.296 e. The summed E-state index contributed by atoms with van der Waals surface area (Å²) in [6, 6.07) is 30.4. The summed E-state index contributed by atoms with van der Waals surface area (Å²) in [5.41, 5.74) is -4.15. The van der Waals surface area contributed by atoms with Crippen molar-refractivity contribution in [2.75, 3.05) is 17.7 Å². The summed E-state index contributed by atoms with van der Waals surface area (Å²) < 4.78 is 250. The summed E-state index contributed by atoms with van der Waals surface area (Å²) in [6.07, 6.45) is -0.365. The Hall–Kier alpha value is -11.4. The predicted molar refractivity (Wildman–Crippen MR) is 376 cm³/mol. The van der Waals surface area contributed by atoms with Crippen molar-refractivity contribution in [2.24, 2.45) is 51.1 Å². The molecule has 0 unspecified atom stereocenters. The molecule has 11 rings (SSSR count). The van der Waals surface area contributed by atoms with Gasteiger partial charge in [0.25, 0.3) is 70.8 Å². The number of fused-ring (bicyclic) bond motifs is 4. The lowest BCUT2D eigenvalue weighted by Crippen LogP contribution is -2.08. The third-order valence-electron chi connectivity index (χ3n) is 15.2. The molecule has 0 radical (unpaired) electrons. The lowest BCUT2D eigenvalue weighted by molar-refractivity contribution is 0.317. The van der Waals surface area contributed by atoms with Gasteiger partial charge in [-0.3, -0.25) is 31.9 Å². The fourth-order valence-corrected chi connectivity index (χ4v) is 14.6. The van der Waals surface area contributed by atoms with Crippen molar-refractivity contribution in [1.29, 1.82) is 0 Å². The van der Waals surface area contributed by atoms with Gasteiger partial charge in [0.15, 0.2) is 17.2 Å². The molecule has 0 fully saturated rings. The first kappa shape index (κ1) is 75.8. The van der Waals surface area contributed by atoms with Crippen LogP contribution in [-0.4, -0.2) is 124 Å². The second kappa shape index (κ2) is 28.6. The Balaban J connectivity index is 0.978. The minimum atomic E-state index is -5.42. The molecule has 0 saturated heterocycles. The van der Waals surface area contributed by atoms with Crippen LogP contribution in [0.25, 0.3) is 43.1 Å². The number of aryl methyl sites for hydroxylation is 1. The molecule has 548 valence electrons. The van der Waals surface area contributed by atoms with Gasteiger partial charge >= 0.3 is 0 Å². The molecule has 0 spiro atoms. The number of nitrogens with one attached hydrogen (secondary N) is 1. The molecule has 0 saturated carbocycles. The molecule has 0 aliphatic rings.